The number of hydrogen-bond donors (Lipinski definition) is 1. The summed E-state index contributed by atoms with van der Waals surface area (Å²) in [6, 6.07) is 6.38. The van der Waals surface area contributed by atoms with Crippen molar-refractivity contribution in [3.63, 3.8) is 0 Å². The monoisotopic (exact) mass is 284 g/mol. The number of alkyl halides is 3. The Bertz CT molecular complexity index is 663. The summed E-state index contributed by atoms with van der Waals surface area (Å²) in [4.78, 5) is 10.7. The molecule has 0 aromatic heterocycles. The van der Waals surface area contributed by atoms with Crippen LogP contribution in [0.25, 0.3) is 11.1 Å². The second-order valence-electron chi connectivity index (χ2n) is 4.06. The standard InChI is InChI=1S/C14H8F4O2/c15-13-10(2-1-3-11(13)14(16,17)18)8-4-5-12(20)9(6-8)7-19/h1-7,20H. The van der Waals surface area contributed by atoms with Gasteiger partial charge in [-0.2, -0.15) is 13.2 Å². The van der Waals surface area contributed by atoms with Crippen LogP contribution in [0.3, 0.4) is 0 Å². The maximum atomic E-state index is 13.9. The minimum atomic E-state index is -4.80. The maximum Gasteiger partial charge on any atom is 0.419 e. The molecule has 2 aromatic carbocycles. The Morgan fingerprint density at radius 2 is 1.80 bits per heavy atom. The van der Waals surface area contributed by atoms with Gasteiger partial charge in [-0.1, -0.05) is 18.2 Å². The Morgan fingerprint density at radius 1 is 1.10 bits per heavy atom. The second kappa shape index (κ2) is 4.96. The molecule has 0 bridgehead atoms. The van der Waals surface area contributed by atoms with Gasteiger partial charge in [-0.3, -0.25) is 4.79 Å². The molecule has 0 saturated carbocycles. The summed E-state index contributed by atoms with van der Waals surface area (Å²) >= 11 is 0. The first-order valence-electron chi connectivity index (χ1n) is 5.49. The molecular weight excluding hydrogens is 276 g/mol. The molecule has 0 heterocycles. The number of aldehydes is 1. The van der Waals surface area contributed by atoms with Gasteiger partial charge in [0.1, 0.15) is 11.6 Å². The minimum absolute atomic E-state index is 0.0773. The van der Waals surface area contributed by atoms with Gasteiger partial charge in [0.2, 0.25) is 0 Å². The first kappa shape index (κ1) is 14.0. The quantitative estimate of drug-likeness (QED) is 0.667. The number of carbonyl (C=O) groups is 1. The van der Waals surface area contributed by atoms with Crippen LogP contribution < -0.4 is 0 Å². The third kappa shape index (κ3) is 2.49. The molecule has 6 heteroatoms. The zero-order valence-electron chi connectivity index (χ0n) is 9.91. The van der Waals surface area contributed by atoms with Gasteiger partial charge in [-0.15, -0.1) is 0 Å². The molecule has 0 amide bonds. The fourth-order valence-electron chi connectivity index (χ4n) is 1.79. The average Bonchev–Trinajstić information content (AvgIpc) is 2.38. The highest BCUT2D eigenvalue weighted by Gasteiger charge is 2.34. The predicted molar refractivity (Wildman–Crippen MR) is 63.9 cm³/mol. The smallest absolute Gasteiger partial charge is 0.419 e. The lowest BCUT2D eigenvalue weighted by atomic mass is 10.00. The van der Waals surface area contributed by atoms with E-state index < -0.39 is 17.6 Å². The van der Waals surface area contributed by atoms with Crippen LogP contribution in [-0.4, -0.2) is 11.4 Å². The van der Waals surface area contributed by atoms with E-state index in [1.54, 1.807) is 0 Å². The Labute approximate surface area is 111 Å². The number of hydrogen-bond acceptors (Lipinski definition) is 2. The lowest BCUT2D eigenvalue weighted by molar-refractivity contribution is -0.139. The average molecular weight is 284 g/mol. The minimum Gasteiger partial charge on any atom is -0.507 e. The van der Waals surface area contributed by atoms with Crippen molar-refractivity contribution in [3.05, 3.63) is 53.3 Å². The Morgan fingerprint density at radius 3 is 2.40 bits per heavy atom. The second-order valence-corrected chi connectivity index (χ2v) is 4.06. The molecule has 0 atom stereocenters. The van der Waals surface area contributed by atoms with Gasteiger partial charge in [0.15, 0.2) is 6.29 Å². The molecular formula is C14H8F4O2. The van der Waals surface area contributed by atoms with E-state index in [1.807, 2.05) is 0 Å². The van der Waals surface area contributed by atoms with Crippen LogP contribution in [0.5, 0.6) is 5.75 Å². The highest BCUT2D eigenvalue weighted by molar-refractivity contribution is 5.82. The molecule has 0 fully saturated rings. The van der Waals surface area contributed by atoms with Crippen molar-refractivity contribution in [3.8, 4) is 16.9 Å². The molecule has 0 aliphatic rings. The highest BCUT2D eigenvalue weighted by Crippen LogP contribution is 2.36. The normalized spacial score (nSPS) is 11.4. The van der Waals surface area contributed by atoms with Crippen molar-refractivity contribution >= 4 is 6.29 Å². The molecule has 2 aromatic rings. The molecule has 2 nitrogen and oxygen atoms in total. The number of aromatic hydroxyl groups is 1. The van der Waals surface area contributed by atoms with E-state index in [9.17, 15) is 27.5 Å². The van der Waals surface area contributed by atoms with E-state index in [0.29, 0.717) is 12.4 Å². The van der Waals surface area contributed by atoms with Gasteiger partial charge in [0, 0.05) is 5.56 Å². The van der Waals surface area contributed by atoms with Crippen molar-refractivity contribution in [1.29, 1.82) is 0 Å². The van der Waals surface area contributed by atoms with Crippen molar-refractivity contribution in [2.75, 3.05) is 0 Å². The predicted octanol–water partition coefficient (Wildman–Crippen LogP) is 4.03. The number of rotatable bonds is 2. The van der Waals surface area contributed by atoms with Crippen molar-refractivity contribution in [2.45, 2.75) is 6.18 Å². The van der Waals surface area contributed by atoms with Crippen molar-refractivity contribution < 1.29 is 27.5 Å². The lowest BCUT2D eigenvalue weighted by Crippen LogP contribution is -2.08. The van der Waals surface area contributed by atoms with Crippen molar-refractivity contribution in [2.24, 2.45) is 0 Å². The largest absolute Gasteiger partial charge is 0.507 e. The molecule has 0 saturated heterocycles. The topological polar surface area (TPSA) is 37.3 Å². The Balaban J connectivity index is 2.62. The molecule has 1 N–H and O–H groups in total. The Hall–Kier alpha value is -2.37. The number of benzene rings is 2. The fourth-order valence-corrected chi connectivity index (χ4v) is 1.79. The highest BCUT2D eigenvalue weighted by atomic mass is 19.4. The fraction of sp³-hybridized carbons (Fsp3) is 0.0714. The SMILES string of the molecule is O=Cc1cc(-c2cccc(C(F)(F)F)c2F)ccc1O. The van der Waals surface area contributed by atoms with Gasteiger partial charge >= 0.3 is 6.18 Å². The van der Waals surface area contributed by atoms with Crippen LogP contribution in [0.1, 0.15) is 15.9 Å². The number of phenolic OH excluding ortho intramolecular Hbond substituents is 1. The Kier molecular flexibility index (Phi) is 3.48. The van der Waals surface area contributed by atoms with Crippen LogP contribution in [0, 0.1) is 5.82 Å². The van der Waals surface area contributed by atoms with Gasteiger partial charge in [0.05, 0.1) is 11.1 Å². The first-order valence-corrected chi connectivity index (χ1v) is 5.49. The van der Waals surface area contributed by atoms with Crippen LogP contribution in [0.2, 0.25) is 0 Å². The van der Waals surface area contributed by atoms with Crippen LogP contribution in [-0.2, 0) is 6.18 Å². The molecule has 2 rings (SSSR count). The molecule has 20 heavy (non-hydrogen) atoms. The lowest BCUT2D eigenvalue weighted by Gasteiger charge is -2.11. The summed E-state index contributed by atoms with van der Waals surface area (Å²) in [6.07, 6.45) is -4.46. The maximum absolute atomic E-state index is 13.9. The van der Waals surface area contributed by atoms with E-state index >= 15 is 0 Å². The number of halogens is 4. The van der Waals surface area contributed by atoms with E-state index in [-0.39, 0.29) is 22.4 Å². The zero-order valence-corrected chi connectivity index (χ0v) is 9.91. The molecule has 0 aliphatic heterocycles. The van der Waals surface area contributed by atoms with E-state index in [1.165, 1.54) is 12.1 Å². The van der Waals surface area contributed by atoms with Gasteiger partial charge < -0.3 is 5.11 Å². The third-order valence-electron chi connectivity index (χ3n) is 2.77. The molecule has 104 valence electrons. The van der Waals surface area contributed by atoms with Crippen molar-refractivity contribution in [1.82, 2.24) is 0 Å². The summed E-state index contributed by atoms with van der Waals surface area (Å²) < 4.78 is 51.8. The number of phenols is 1. The van der Waals surface area contributed by atoms with Gasteiger partial charge in [-0.05, 0) is 23.8 Å². The van der Waals surface area contributed by atoms with E-state index in [0.717, 1.165) is 18.2 Å². The first-order chi connectivity index (χ1) is 9.34. The van der Waals surface area contributed by atoms with Crippen LogP contribution >= 0.6 is 0 Å². The third-order valence-corrected chi connectivity index (χ3v) is 2.77. The molecule has 0 spiro atoms. The van der Waals surface area contributed by atoms with Crippen LogP contribution in [0.4, 0.5) is 17.6 Å². The van der Waals surface area contributed by atoms with E-state index in [4.69, 9.17) is 0 Å². The summed E-state index contributed by atoms with van der Waals surface area (Å²) in [5, 5.41) is 9.33. The zero-order chi connectivity index (χ0) is 14.9. The summed E-state index contributed by atoms with van der Waals surface area (Å²) in [6.45, 7) is 0. The van der Waals surface area contributed by atoms with Crippen LogP contribution in [0.15, 0.2) is 36.4 Å². The molecule has 0 aliphatic carbocycles. The molecule has 0 unspecified atom stereocenters. The summed E-state index contributed by atoms with van der Waals surface area (Å²) in [5.41, 5.74) is -1.72. The van der Waals surface area contributed by atoms with Gasteiger partial charge in [-0.25, -0.2) is 4.39 Å². The number of carbonyl (C=O) groups excluding carboxylic acids is 1. The molecule has 0 radical (unpaired) electrons. The summed E-state index contributed by atoms with van der Waals surface area (Å²) in [5.74, 6) is -1.74. The summed E-state index contributed by atoms with van der Waals surface area (Å²) in [7, 11) is 0. The van der Waals surface area contributed by atoms with Gasteiger partial charge in [0.25, 0.3) is 0 Å². The van der Waals surface area contributed by atoms with E-state index in [2.05, 4.69) is 0 Å².